The van der Waals surface area contributed by atoms with Crippen LogP contribution in [0.25, 0.3) is 11.0 Å². The van der Waals surface area contributed by atoms with E-state index in [-0.39, 0.29) is 11.5 Å². The molecule has 3 aromatic rings. The number of sulfonamides is 1. The first-order chi connectivity index (χ1) is 12.0. The predicted octanol–water partition coefficient (Wildman–Crippen LogP) is 3.15. The molecule has 9 heteroatoms. The Labute approximate surface area is 147 Å². The predicted molar refractivity (Wildman–Crippen MR) is 96.9 cm³/mol. The number of aromatic amines is 1. The molecule has 0 atom stereocenters. The normalized spacial score (nSPS) is 15.5. The number of hydrogen-bond donors (Lipinski definition) is 2. The van der Waals surface area contributed by atoms with E-state index in [1.807, 2.05) is 24.3 Å². The number of nitrogens with zero attached hydrogens (tertiary/aromatic N) is 2. The number of rotatable bonds is 4. The first-order valence-electron chi connectivity index (χ1n) is 7.44. The lowest BCUT2D eigenvalue weighted by atomic mass is 10.3. The highest BCUT2D eigenvalue weighted by Gasteiger charge is 2.28. The summed E-state index contributed by atoms with van der Waals surface area (Å²) >= 11 is 1.46. The fraction of sp³-hybridized carbons (Fsp3) is 0.125. The average molecular weight is 376 g/mol. The largest absolute Gasteiger partial charge is 0.341 e. The molecule has 1 aliphatic rings. The molecule has 6 nitrogen and oxygen atoms in total. The molecule has 0 saturated carbocycles. The van der Waals surface area contributed by atoms with Crippen molar-refractivity contribution in [3.63, 3.8) is 0 Å². The number of anilines is 1. The molecule has 0 spiro atoms. The molecule has 0 radical (unpaired) electrons. The van der Waals surface area contributed by atoms with Gasteiger partial charge in [0, 0.05) is 0 Å². The standard InChI is InChI=1S/C16H13FN4O2S2/c17-10-4-3-7-13-16(10)25(22,23)21-15(20-13)9-24-8-14-18-11-5-1-2-6-12(11)19-14/h1-7H,8-9H2,(H,18,19)(H,20,21). The lowest BCUT2D eigenvalue weighted by molar-refractivity contribution is 0.568. The van der Waals surface area contributed by atoms with Crippen molar-refractivity contribution in [2.24, 2.45) is 4.40 Å². The van der Waals surface area contributed by atoms with Crippen molar-refractivity contribution in [3.8, 4) is 0 Å². The topological polar surface area (TPSA) is 87.2 Å². The second-order valence-corrected chi connectivity index (χ2v) is 7.97. The molecule has 1 aliphatic heterocycles. The Balaban J connectivity index is 1.48. The fourth-order valence-electron chi connectivity index (χ4n) is 2.62. The first-order valence-corrected chi connectivity index (χ1v) is 10.0. The molecular weight excluding hydrogens is 363 g/mol. The maximum atomic E-state index is 13.8. The molecule has 4 rings (SSSR count). The minimum Gasteiger partial charge on any atom is -0.341 e. The minimum atomic E-state index is -4.02. The molecule has 25 heavy (non-hydrogen) atoms. The van der Waals surface area contributed by atoms with Crippen LogP contribution >= 0.6 is 11.8 Å². The number of hydrogen-bond acceptors (Lipinski definition) is 5. The molecular formula is C16H13FN4O2S2. The van der Waals surface area contributed by atoms with Crippen LogP contribution in [0.1, 0.15) is 5.82 Å². The lowest BCUT2D eigenvalue weighted by Gasteiger charge is -2.18. The Hall–Kier alpha value is -2.39. The Morgan fingerprint density at radius 3 is 2.76 bits per heavy atom. The van der Waals surface area contributed by atoms with Crippen LogP contribution in [0.5, 0.6) is 0 Å². The van der Waals surface area contributed by atoms with E-state index in [9.17, 15) is 12.8 Å². The van der Waals surface area contributed by atoms with Crippen LogP contribution < -0.4 is 5.32 Å². The number of benzene rings is 2. The zero-order chi connectivity index (χ0) is 17.4. The molecule has 2 aromatic carbocycles. The van der Waals surface area contributed by atoms with E-state index in [2.05, 4.69) is 19.7 Å². The maximum Gasteiger partial charge on any atom is 0.288 e. The highest BCUT2D eigenvalue weighted by molar-refractivity contribution is 7.99. The van der Waals surface area contributed by atoms with Crippen molar-refractivity contribution in [2.75, 3.05) is 11.1 Å². The van der Waals surface area contributed by atoms with Crippen molar-refractivity contribution >= 4 is 44.3 Å². The minimum absolute atomic E-state index is 0.217. The Morgan fingerprint density at radius 2 is 1.92 bits per heavy atom. The van der Waals surface area contributed by atoms with Crippen LogP contribution in [0.2, 0.25) is 0 Å². The van der Waals surface area contributed by atoms with E-state index >= 15 is 0 Å². The van der Waals surface area contributed by atoms with Gasteiger partial charge in [-0.2, -0.15) is 8.42 Å². The molecule has 128 valence electrons. The third-order valence-electron chi connectivity index (χ3n) is 3.65. The smallest absolute Gasteiger partial charge is 0.288 e. The van der Waals surface area contributed by atoms with Crippen molar-refractivity contribution < 1.29 is 12.8 Å². The summed E-state index contributed by atoms with van der Waals surface area (Å²) in [6.07, 6.45) is 0. The number of halogens is 1. The van der Waals surface area contributed by atoms with Gasteiger partial charge in [0.15, 0.2) is 0 Å². The number of imidazole rings is 1. The van der Waals surface area contributed by atoms with E-state index in [0.717, 1.165) is 22.9 Å². The summed E-state index contributed by atoms with van der Waals surface area (Å²) in [5, 5.41) is 2.89. The Morgan fingerprint density at radius 1 is 1.08 bits per heavy atom. The fourth-order valence-corrected chi connectivity index (χ4v) is 4.67. The molecule has 0 saturated heterocycles. The Bertz CT molecular complexity index is 1060. The quantitative estimate of drug-likeness (QED) is 0.730. The van der Waals surface area contributed by atoms with Crippen LogP contribution in [0, 0.1) is 5.82 Å². The highest BCUT2D eigenvalue weighted by atomic mass is 32.2. The second-order valence-electron chi connectivity index (χ2n) is 5.45. The summed E-state index contributed by atoms with van der Waals surface area (Å²) in [7, 11) is -4.02. The van der Waals surface area contributed by atoms with Crippen LogP contribution in [0.3, 0.4) is 0 Å². The van der Waals surface area contributed by atoms with E-state index < -0.39 is 20.7 Å². The second kappa shape index (κ2) is 6.16. The number of H-pyrrole nitrogens is 1. The van der Waals surface area contributed by atoms with Gasteiger partial charge in [0.2, 0.25) is 0 Å². The summed E-state index contributed by atoms with van der Waals surface area (Å²) in [6, 6.07) is 11.8. The zero-order valence-corrected chi connectivity index (χ0v) is 14.5. The van der Waals surface area contributed by atoms with Crippen molar-refractivity contribution in [1.29, 1.82) is 0 Å². The summed E-state index contributed by atoms with van der Waals surface area (Å²) < 4.78 is 41.8. The summed E-state index contributed by atoms with van der Waals surface area (Å²) in [5.41, 5.74) is 2.06. The monoisotopic (exact) mass is 376 g/mol. The van der Waals surface area contributed by atoms with E-state index in [4.69, 9.17) is 0 Å². The number of fused-ring (bicyclic) bond motifs is 2. The maximum absolute atomic E-state index is 13.8. The van der Waals surface area contributed by atoms with Crippen LogP contribution in [-0.4, -0.2) is 30.0 Å². The third kappa shape index (κ3) is 3.12. The highest BCUT2D eigenvalue weighted by Crippen LogP contribution is 2.30. The number of thioether (sulfide) groups is 1. The van der Waals surface area contributed by atoms with E-state index in [1.54, 1.807) is 0 Å². The van der Waals surface area contributed by atoms with Gasteiger partial charge in [0.25, 0.3) is 10.0 Å². The van der Waals surface area contributed by atoms with Gasteiger partial charge < -0.3 is 10.3 Å². The Kier molecular flexibility index (Phi) is 3.97. The molecule has 1 aromatic heterocycles. The molecule has 0 amide bonds. The van der Waals surface area contributed by atoms with Gasteiger partial charge in [-0.1, -0.05) is 18.2 Å². The number of aromatic nitrogens is 2. The van der Waals surface area contributed by atoms with Crippen LogP contribution in [0.4, 0.5) is 10.1 Å². The molecule has 0 bridgehead atoms. The van der Waals surface area contributed by atoms with Gasteiger partial charge >= 0.3 is 0 Å². The first kappa shape index (κ1) is 16.1. The SMILES string of the molecule is O=S1(=O)N=C(CSCc2nc3ccccc3[nH]2)Nc2cccc(F)c21. The van der Waals surface area contributed by atoms with Crippen LogP contribution in [-0.2, 0) is 15.8 Å². The van der Waals surface area contributed by atoms with Gasteiger partial charge in [-0.25, -0.2) is 9.37 Å². The number of para-hydroxylation sites is 2. The van der Waals surface area contributed by atoms with Gasteiger partial charge in [0.05, 0.1) is 28.2 Å². The van der Waals surface area contributed by atoms with Gasteiger partial charge in [0.1, 0.15) is 22.4 Å². The van der Waals surface area contributed by atoms with Gasteiger partial charge in [-0.05, 0) is 24.3 Å². The molecule has 0 aliphatic carbocycles. The van der Waals surface area contributed by atoms with E-state index in [0.29, 0.717) is 11.5 Å². The molecule has 2 heterocycles. The van der Waals surface area contributed by atoms with Gasteiger partial charge in [-0.15, -0.1) is 16.2 Å². The third-order valence-corrected chi connectivity index (χ3v) is 6.00. The van der Waals surface area contributed by atoms with Crippen molar-refractivity contribution in [2.45, 2.75) is 10.6 Å². The summed E-state index contributed by atoms with van der Waals surface area (Å²) in [5.74, 6) is 1.19. The molecule has 0 unspecified atom stereocenters. The summed E-state index contributed by atoms with van der Waals surface area (Å²) in [6.45, 7) is 0. The van der Waals surface area contributed by atoms with E-state index in [1.165, 1.54) is 23.9 Å². The lowest BCUT2D eigenvalue weighted by Crippen LogP contribution is -2.24. The zero-order valence-electron chi connectivity index (χ0n) is 12.9. The average Bonchev–Trinajstić information content (AvgIpc) is 2.96. The van der Waals surface area contributed by atoms with Crippen LogP contribution in [0.15, 0.2) is 51.8 Å². The number of amidine groups is 1. The van der Waals surface area contributed by atoms with Crippen molar-refractivity contribution in [1.82, 2.24) is 9.97 Å². The van der Waals surface area contributed by atoms with Gasteiger partial charge in [-0.3, -0.25) is 0 Å². The summed E-state index contributed by atoms with van der Waals surface area (Å²) in [4.78, 5) is 7.28. The van der Waals surface area contributed by atoms with Crippen molar-refractivity contribution in [3.05, 3.63) is 54.1 Å². The molecule has 0 fully saturated rings. The number of nitrogens with one attached hydrogen (secondary N) is 2. The molecule has 2 N–H and O–H groups in total.